The molecule has 1 fully saturated rings. The molecular weight excluding hydrogens is 534 g/mol. The summed E-state index contributed by atoms with van der Waals surface area (Å²) in [7, 11) is 0. The lowest BCUT2D eigenvalue weighted by molar-refractivity contribution is -0.193. The van der Waals surface area contributed by atoms with Gasteiger partial charge in [-0.05, 0) is 35.1 Å². The van der Waals surface area contributed by atoms with E-state index in [1.54, 1.807) is 0 Å². The second-order valence-corrected chi connectivity index (χ2v) is 8.92. The lowest BCUT2D eigenvalue weighted by Crippen LogP contribution is -2.28. The molecule has 0 bridgehead atoms. The Kier molecular flexibility index (Phi) is 9.32. The molecule has 0 spiro atoms. The quantitative estimate of drug-likeness (QED) is 0.456. The van der Waals surface area contributed by atoms with Gasteiger partial charge >= 0.3 is 24.3 Å². The number of benzene rings is 1. The van der Waals surface area contributed by atoms with Gasteiger partial charge in [0.05, 0.1) is 11.9 Å². The third-order valence-electron chi connectivity index (χ3n) is 6.16. The number of alkyl halides is 6. The van der Waals surface area contributed by atoms with E-state index in [0.29, 0.717) is 0 Å². The SMILES string of the molecule is O=C(O)C(F)(F)F.O=C(O)C(F)(F)F.c1ccc(-c2cnc3n2CC2CN(Cc4ccncc4)CC2C3)cc1. The molecule has 0 radical (unpaired) electrons. The summed E-state index contributed by atoms with van der Waals surface area (Å²) < 4.78 is 65.9. The van der Waals surface area contributed by atoms with E-state index in [4.69, 9.17) is 24.8 Å². The van der Waals surface area contributed by atoms with Crippen molar-refractivity contribution in [3.8, 4) is 11.3 Å². The first-order chi connectivity index (χ1) is 18.3. The van der Waals surface area contributed by atoms with Crippen LogP contribution in [0.15, 0.2) is 61.1 Å². The Balaban J connectivity index is 0.000000251. The van der Waals surface area contributed by atoms with Crippen LogP contribution in [0.4, 0.5) is 26.3 Å². The molecule has 2 aliphatic rings. The topological polar surface area (TPSA) is 109 Å². The molecule has 0 aliphatic carbocycles. The molecule has 2 aromatic heterocycles. The number of rotatable bonds is 3. The largest absolute Gasteiger partial charge is 0.490 e. The molecule has 2 unspecified atom stereocenters. The predicted molar refractivity (Wildman–Crippen MR) is 125 cm³/mol. The molecular formula is C25H24F6N4O4. The van der Waals surface area contributed by atoms with Gasteiger partial charge in [0.2, 0.25) is 0 Å². The van der Waals surface area contributed by atoms with Gasteiger partial charge in [-0.3, -0.25) is 9.88 Å². The van der Waals surface area contributed by atoms with E-state index < -0.39 is 24.3 Å². The molecule has 5 rings (SSSR count). The molecule has 39 heavy (non-hydrogen) atoms. The summed E-state index contributed by atoms with van der Waals surface area (Å²) in [5.74, 6) is -2.79. The van der Waals surface area contributed by atoms with Crippen molar-refractivity contribution in [3.63, 3.8) is 0 Å². The molecule has 14 heteroatoms. The van der Waals surface area contributed by atoms with Crippen molar-refractivity contribution < 1.29 is 46.1 Å². The number of aromatic nitrogens is 3. The lowest BCUT2D eigenvalue weighted by atomic mass is 9.89. The fourth-order valence-electron chi connectivity index (χ4n) is 4.44. The number of halogens is 6. The maximum absolute atomic E-state index is 10.6. The zero-order chi connectivity index (χ0) is 28.8. The fraction of sp³-hybridized carbons (Fsp3) is 0.360. The summed E-state index contributed by atoms with van der Waals surface area (Å²) in [5, 5.41) is 14.2. The Morgan fingerprint density at radius 3 is 1.92 bits per heavy atom. The van der Waals surface area contributed by atoms with Crippen LogP contribution >= 0.6 is 0 Å². The van der Waals surface area contributed by atoms with Gasteiger partial charge in [-0.15, -0.1) is 0 Å². The summed E-state index contributed by atoms with van der Waals surface area (Å²) in [6, 6.07) is 14.9. The number of pyridine rings is 1. The standard InChI is InChI=1S/C21H22N4.2C2HF3O2/c1-2-4-17(5-3-1)20-11-23-21-10-18-13-24(14-19(18)15-25(20)21)12-16-6-8-22-9-7-16;2*3-2(4,5)1(6)7/h1-9,11,18-19H,10,12-15H2;2*(H,6,7). The Morgan fingerprint density at radius 2 is 1.38 bits per heavy atom. The number of nitrogens with zero attached hydrogens (tertiary/aromatic N) is 4. The number of likely N-dealkylation sites (tertiary alicyclic amines) is 1. The number of carbonyl (C=O) groups is 2. The molecule has 1 saturated heterocycles. The first kappa shape index (κ1) is 29.6. The third-order valence-corrected chi connectivity index (χ3v) is 6.16. The molecule has 210 valence electrons. The minimum absolute atomic E-state index is 0.728. The van der Waals surface area contributed by atoms with E-state index in [9.17, 15) is 26.3 Å². The van der Waals surface area contributed by atoms with Crippen LogP contribution in [0.25, 0.3) is 11.3 Å². The maximum Gasteiger partial charge on any atom is 0.490 e. The average molecular weight is 558 g/mol. The van der Waals surface area contributed by atoms with Crippen molar-refractivity contribution in [3.05, 3.63) is 72.4 Å². The van der Waals surface area contributed by atoms with Crippen LogP contribution in [0.5, 0.6) is 0 Å². The minimum atomic E-state index is -5.08. The van der Waals surface area contributed by atoms with Crippen molar-refractivity contribution >= 4 is 11.9 Å². The third kappa shape index (κ3) is 8.27. The van der Waals surface area contributed by atoms with Crippen molar-refractivity contribution in [1.82, 2.24) is 19.4 Å². The molecule has 2 atom stereocenters. The maximum atomic E-state index is 10.6. The summed E-state index contributed by atoms with van der Waals surface area (Å²) >= 11 is 0. The second-order valence-electron chi connectivity index (χ2n) is 8.92. The van der Waals surface area contributed by atoms with E-state index >= 15 is 0 Å². The highest BCUT2D eigenvalue weighted by atomic mass is 19.4. The van der Waals surface area contributed by atoms with Crippen LogP contribution in [-0.2, 0) is 29.1 Å². The monoisotopic (exact) mass is 558 g/mol. The molecule has 0 amide bonds. The van der Waals surface area contributed by atoms with Crippen molar-refractivity contribution in [2.45, 2.75) is 31.9 Å². The normalized spacial score (nSPS) is 18.5. The average Bonchev–Trinajstić information content (AvgIpc) is 3.46. The highest BCUT2D eigenvalue weighted by Crippen LogP contribution is 2.35. The molecule has 2 aliphatic heterocycles. The van der Waals surface area contributed by atoms with Crippen molar-refractivity contribution in [1.29, 1.82) is 0 Å². The van der Waals surface area contributed by atoms with Crippen LogP contribution in [-0.4, -0.2) is 67.0 Å². The predicted octanol–water partition coefficient (Wildman–Crippen LogP) is 4.52. The van der Waals surface area contributed by atoms with Gasteiger partial charge < -0.3 is 14.8 Å². The summed E-state index contributed by atoms with van der Waals surface area (Å²) in [6.45, 7) is 4.49. The van der Waals surface area contributed by atoms with Gasteiger partial charge in [0, 0.05) is 45.0 Å². The number of hydrogen-bond donors (Lipinski definition) is 2. The van der Waals surface area contributed by atoms with Gasteiger partial charge in [0.1, 0.15) is 5.82 Å². The van der Waals surface area contributed by atoms with Crippen LogP contribution in [0.3, 0.4) is 0 Å². The zero-order valence-electron chi connectivity index (χ0n) is 20.2. The fourth-order valence-corrected chi connectivity index (χ4v) is 4.44. The van der Waals surface area contributed by atoms with Gasteiger partial charge in [-0.1, -0.05) is 30.3 Å². The summed E-state index contributed by atoms with van der Waals surface area (Å²) in [4.78, 5) is 29.2. The highest BCUT2D eigenvalue weighted by Gasteiger charge is 2.39. The molecule has 4 heterocycles. The molecule has 2 N–H and O–H groups in total. The van der Waals surface area contributed by atoms with Gasteiger partial charge in [0.15, 0.2) is 0 Å². The van der Waals surface area contributed by atoms with Crippen LogP contribution < -0.4 is 0 Å². The zero-order valence-corrected chi connectivity index (χ0v) is 20.2. The van der Waals surface area contributed by atoms with Crippen LogP contribution in [0.1, 0.15) is 11.4 Å². The van der Waals surface area contributed by atoms with Gasteiger partial charge in [0.25, 0.3) is 0 Å². The van der Waals surface area contributed by atoms with Gasteiger partial charge in [-0.25, -0.2) is 14.6 Å². The number of hydrogen-bond acceptors (Lipinski definition) is 5. The first-order valence-corrected chi connectivity index (χ1v) is 11.6. The number of imidazole rings is 1. The minimum Gasteiger partial charge on any atom is -0.475 e. The molecule has 8 nitrogen and oxygen atoms in total. The molecule has 3 aromatic rings. The summed E-state index contributed by atoms with van der Waals surface area (Å²) in [6.07, 6.45) is -3.23. The number of aliphatic carboxylic acids is 2. The van der Waals surface area contributed by atoms with Crippen LogP contribution in [0.2, 0.25) is 0 Å². The van der Waals surface area contributed by atoms with Crippen molar-refractivity contribution in [2.75, 3.05) is 13.1 Å². The Hall–Kier alpha value is -3.94. The number of carboxylic acids is 2. The molecule has 1 aromatic carbocycles. The van der Waals surface area contributed by atoms with Crippen LogP contribution in [0, 0.1) is 11.8 Å². The number of carboxylic acid groups (broad SMARTS) is 2. The second kappa shape index (κ2) is 12.3. The number of fused-ring (bicyclic) bond motifs is 2. The molecule has 0 saturated carbocycles. The smallest absolute Gasteiger partial charge is 0.475 e. The van der Waals surface area contributed by atoms with E-state index in [1.807, 2.05) is 12.4 Å². The van der Waals surface area contributed by atoms with E-state index in [2.05, 4.69) is 63.1 Å². The highest BCUT2D eigenvalue weighted by molar-refractivity contribution is 5.73. The Labute approximate surface area is 218 Å². The van der Waals surface area contributed by atoms with E-state index in [0.717, 1.165) is 31.3 Å². The Bertz CT molecular complexity index is 1220. The Morgan fingerprint density at radius 1 is 0.846 bits per heavy atom. The van der Waals surface area contributed by atoms with E-state index in [1.165, 1.54) is 35.7 Å². The lowest BCUT2D eigenvalue weighted by Gasteiger charge is -2.27. The summed E-state index contributed by atoms with van der Waals surface area (Å²) in [5.41, 5.74) is 3.89. The van der Waals surface area contributed by atoms with Crippen molar-refractivity contribution in [2.24, 2.45) is 11.8 Å². The first-order valence-electron chi connectivity index (χ1n) is 11.6. The van der Waals surface area contributed by atoms with Gasteiger partial charge in [-0.2, -0.15) is 26.3 Å². The van der Waals surface area contributed by atoms with E-state index in [-0.39, 0.29) is 0 Å².